The highest BCUT2D eigenvalue weighted by atomic mass is 32.2. The minimum absolute atomic E-state index is 0.0386. The van der Waals surface area contributed by atoms with Crippen LogP contribution in [0.5, 0.6) is 0 Å². The van der Waals surface area contributed by atoms with Crippen LogP contribution >= 0.6 is 11.3 Å². The number of thiazole rings is 1. The van der Waals surface area contributed by atoms with Gasteiger partial charge in [-0.15, -0.1) is 0 Å². The van der Waals surface area contributed by atoms with Gasteiger partial charge in [0.2, 0.25) is 15.9 Å². The number of sulfonamides is 1. The summed E-state index contributed by atoms with van der Waals surface area (Å²) in [6.45, 7) is 7.35. The lowest BCUT2D eigenvalue weighted by Gasteiger charge is -2.21. The molecule has 30 heavy (non-hydrogen) atoms. The third-order valence-corrected chi connectivity index (χ3v) is 7.85. The molecule has 0 radical (unpaired) electrons. The molecule has 1 N–H and O–H groups in total. The van der Waals surface area contributed by atoms with Crippen molar-refractivity contribution in [2.45, 2.75) is 83.5 Å². The number of aromatic nitrogens is 1. The third kappa shape index (κ3) is 7.03. The number of unbranched alkanes of at least 4 members (excludes halogenated alkanes) is 5. The highest BCUT2D eigenvalue weighted by Gasteiger charge is 2.24. The molecule has 0 unspecified atom stereocenters. The lowest BCUT2D eigenvalue weighted by Crippen LogP contribution is -2.33. The number of hydrogen-bond donors (Lipinski definition) is 1. The number of nitrogens with one attached hydrogen (secondary N) is 1. The fourth-order valence-corrected chi connectivity index (χ4v) is 5.72. The van der Waals surface area contributed by atoms with Gasteiger partial charge < -0.3 is 5.32 Å². The van der Waals surface area contributed by atoms with Gasteiger partial charge in [0.15, 0.2) is 5.13 Å². The van der Waals surface area contributed by atoms with Gasteiger partial charge >= 0.3 is 0 Å². The lowest BCUT2D eigenvalue weighted by atomic mass is 10.1. The van der Waals surface area contributed by atoms with E-state index in [-0.39, 0.29) is 5.91 Å². The van der Waals surface area contributed by atoms with Crippen LogP contribution in [-0.4, -0.2) is 36.7 Å². The van der Waals surface area contributed by atoms with E-state index < -0.39 is 10.0 Å². The average molecular weight is 454 g/mol. The predicted molar refractivity (Wildman–Crippen MR) is 126 cm³/mol. The third-order valence-electron chi connectivity index (χ3n) is 5.02. The van der Waals surface area contributed by atoms with Crippen molar-refractivity contribution in [3.8, 4) is 0 Å². The molecular formula is C22H35N3O3S2. The van der Waals surface area contributed by atoms with Gasteiger partial charge in [-0.3, -0.25) is 4.79 Å². The van der Waals surface area contributed by atoms with E-state index in [1.54, 1.807) is 22.5 Å². The molecule has 0 aliphatic rings. The van der Waals surface area contributed by atoms with Gasteiger partial charge in [0.1, 0.15) is 0 Å². The molecule has 2 aromatic rings. The van der Waals surface area contributed by atoms with Crippen molar-refractivity contribution in [1.29, 1.82) is 0 Å². The van der Waals surface area contributed by atoms with Gasteiger partial charge in [-0.1, -0.05) is 64.2 Å². The zero-order valence-corrected chi connectivity index (χ0v) is 20.1. The first-order valence-electron chi connectivity index (χ1n) is 11.1. The van der Waals surface area contributed by atoms with Crippen molar-refractivity contribution in [2.24, 2.45) is 0 Å². The van der Waals surface area contributed by atoms with Gasteiger partial charge in [0, 0.05) is 19.5 Å². The van der Waals surface area contributed by atoms with Crippen LogP contribution in [0, 0.1) is 0 Å². The van der Waals surface area contributed by atoms with Crippen molar-refractivity contribution in [3.05, 3.63) is 18.2 Å². The standard InChI is InChI=1S/C22H35N3O3S2/c1-4-7-10-11-12-21(26)24-22-23-19-14-13-18(17-20(19)29-22)30(27,28)25(15-8-5-2)16-9-6-3/h13-14,17H,4-12,15-16H2,1-3H3,(H,23,24,26). The first-order valence-corrected chi connectivity index (χ1v) is 13.4. The summed E-state index contributed by atoms with van der Waals surface area (Å²) in [6, 6.07) is 5.04. The normalized spacial score (nSPS) is 12.0. The fourth-order valence-electron chi connectivity index (χ4n) is 3.18. The number of amides is 1. The highest BCUT2D eigenvalue weighted by molar-refractivity contribution is 7.89. The van der Waals surface area contributed by atoms with E-state index in [1.165, 1.54) is 11.3 Å². The molecule has 1 aromatic carbocycles. The van der Waals surface area contributed by atoms with Gasteiger partial charge in [-0.05, 0) is 37.5 Å². The fraction of sp³-hybridized carbons (Fsp3) is 0.636. The van der Waals surface area contributed by atoms with Crippen LogP contribution < -0.4 is 5.32 Å². The van der Waals surface area contributed by atoms with E-state index in [2.05, 4.69) is 31.1 Å². The maximum absolute atomic E-state index is 13.2. The predicted octanol–water partition coefficient (Wildman–Crippen LogP) is 5.80. The zero-order chi connectivity index (χ0) is 22.0. The quantitative estimate of drug-likeness (QED) is 0.367. The van der Waals surface area contributed by atoms with Crippen LogP contribution in [-0.2, 0) is 14.8 Å². The van der Waals surface area contributed by atoms with Gasteiger partial charge in [0.25, 0.3) is 0 Å². The smallest absolute Gasteiger partial charge is 0.243 e. The molecule has 0 saturated carbocycles. The number of fused-ring (bicyclic) bond motifs is 1. The summed E-state index contributed by atoms with van der Waals surface area (Å²) in [5, 5.41) is 3.38. The number of nitrogens with zero attached hydrogens (tertiary/aromatic N) is 2. The minimum atomic E-state index is -3.54. The molecule has 0 spiro atoms. The summed E-state index contributed by atoms with van der Waals surface area (Å²) in [4.78, 5) is 16.9. The van der Waals surface area contributed by atoms with E-state index in [9.17, 15) is 13.2 Å². The second-order valence-electron chi connectivity index (χ2n) is 7.62. The molecular weight excluding hydrogens is 418 g/mol. The van der Waals surface area contributed by atoms with Crippen LogP contribution in [0.25, 0.3) is 10.2 Å². The summed E-state index contributed by atoms with van der Waals surface area (Å²) in [5.74, 6) is -0.0386. The lowest BCUT2D eigenvalue weighted by molar-refractivity contribution is -0.116. The van der Waals surface area contributed by atoms with Crippen molar-refractivity contribution in [1.82, 2.24) is 9.29 Å². The monoisotopic (exact) mass is 453 g/mol. The van der Waals surface area contributed by atoms with E-state index in [0.717, 1.165) is 56.1 Å². The molecule has 2 rings (SSSR count). The summed E-state index contributed by atoms with van der Waals surface area (Å²) in [7, 11) is -3.54. The van der Waals surface area contributed by atoms with Gasteiger partial charge in [-0.2, -0.15) is 4.31 Å². The Hall–Kier alpha value is -1.51. The number of rotatable bonds is 14. The molecule has 8 heteroatoms. The van der Waals surface area contributed by atoms with Crippen LogP contribution in [0.2, 0.25) is 0 Å². The zero-order valence-electron chi connectivity index (χ0n) is 18.4. The van der Waals surface area contributed by atoms with Crippen LogP contribution in [0.15, 0.2) is 23.1 Å². The number of benzene rings is 1. The molecule has 168 valence electrons. The molecule has 0 aliphatic heterocycles. The molecule has 6 nitrogen and oxygen atoms in total. The second-order valence-corrected chi connectivity index (χ2v) is 10.6. The Kier molecular flexibility index (Phi) is 10.2. The van der Waals surface area contributed by atoms with Crippen LogP contribution in [0.3, 0.4) is 0 Å². The molecule has 1 amide bonds. The van der Waals surface area contributed by atoms with E-state index in [1.807, 2.05) is 0 Å². The Morgan fingerprint density at radius 1 is 1.00 bits per heavy atom. The molecule has 1 aromatic heterocycles. The molecule has 0 saturated heterocycles. The van der Waals surface area contributed by atoms with Crippen molar-refractivity contribution in [3.63, 3.8) is 0 Å². The second kappa shape index (κ2) is 12.4. The topological polar surface area (TPSA) is 79.4 Å². The van der Waals surface area contributed by atoms with E-state index >= 15 is 0 Å². The van der Waals surface area contributed by atoms with Gasteiger partial charge in [0.05, 0.1) is 15.1 Å². The number of carbonyl (C=O) groups is 1. The van der Waals surface area contributed by atoms with Crippen molar-refractivity contribution in [2.75, 3.05) is 18.4 Å². The largest absolute Gasteiger partial charge is 0.302 e. The summed E-state index contributed by atoms with van der Waals surface area (Å²) in [6.07, 6.45) is 8.29. The van der Waals surface area contributed by atoms with E-state index in [4.69, 9.17) is 0 Å². The van der Waals surface area contributed by atoms with Crippen LogP contribution in [0.1, 0.15) is 78.6 Å². The number of hydrogen-bond acceptors (Lipinski definition) is 5. The maximum Gasteiger partial charge on any atom is 0.243 e. The first kappa shape index (κ1) is 24.8. The van der Waals surface area contributed by atoms with Crippen molar-refractivity contribution >= 4 is 42.6 Å². The Labute approximate surface area is 185 Å². The Morgan fingerprint density at radius 3 is 2.30 bits per heavy atom. The Balaban J connectivity index is 2.14. The maximum atomic E-state index is 13.2. The molecule has 0 fully saturated rings. The Bertz CT molecular complexity index is 901. The van der Waals surface area contributed by atoms with E-state index in [0.29, 0.717) is 35.1 Å². The number of carbonyl (C=O) groups excluding carboxylic acids is 1. The Morgan fingerprint density at radius 2 is 1.67 bits per heavy atom. The molecule has 0 aliphatic carbocycles. The minimum Gasteiger partial charge on any atom is -0.302 e. The summed E-state index contributed by atoms with van der Waals surface area (Å²) < 4.78 is 28.7. The molecule has 0 atom stereocenters. The average Bonchev–Trinajstić information content (AvgIpc) is 3.12. The highest BCUT2D eigenvalue weighted by Crippen LogP contribution is 2.29. The molecule has 0 bridgehead atoms. The molecule has 1 heterocycles. The SMILES string of the molecule is CCCCCCC(=O)Nc1nc2ccc(S(=O)(=O)N(CCCC)CCCC)cc2s1. The van der Waals surface area contributed by atoms with Crippen LogP contribution in [0.4, 0.5) is 5.13 Å². The first-order chi connectivity index (χ1) is 14.4. The number of anilines is 1. The summed E-state index contributed by atoms with van der Waals surface area (Å²) >= 11 is 1.32. The summed E-state index contributed by atoms with van der Waals surface area (Å²) in [5.41, 5.74) is 0.703. The van der Waals surface area contributed by atoms with Gasteiger partial charge in [-0.25, -0.2) is 13.4 Å². The van der Waals surface area contributed by atoms with Crippen molar-refractivity contribution < 1.29 is 13.2 Å².